The summed E-state index contributed by atoms with van der Waals surface area (Å²) in [6.45, 7) is 18.3. The van der Waals surface area contributed by atoms with E-state index in [9.17, 15) is 24.6 Å². The second-order valence-electron chi connectivity index (χ2n) is 14.2. The normalized spacial score (nSPS) is 41.6. The van der Waals surface area contributed by atoms with Gasteiger partial charge in [-0.15, -0.1) is 6.58 Å². The zero-order valence-corrected chi connectivity index (χ0v) is 27.0. The average molecular weight is 609 g/mol. The largest absolute Gasteiger partial charge is 0.458 e. The number of rotatable bonds is 9. The van der Waals surface area contributed by atoms with Gasteiger partial charge in [0.25, 0.3) is 0 Å². The Hall–Kier alpha value is -1.89. The molecule has 4 aliphatic rings. The summed E-state index contributed by atoms with van der Waals surface area (Å²) < 4.78 is 24.3. The molecule has 0 aromatic rings. The topological polar surface area (TPSA) is 135 Å². The van der Waals surface area contributed by atoms with Crippen molar-refractivity contribution in [1.82, 2.24) is 9.80 Å². The molecule has 0 radical (unpaired) electrons. The molecule has 11 nitrogen and oxygen atoms in total. The molecule has 2 saturated heterocycles. The second-order valence-corrected chi connectivity index (χ2v) is 14.2. The van der Waals surface area contributed by atoms with Gasteiger partial charge >= 0.3 is 11.9 Å². The number of esters is 2. The molecule has 2 heterocycles. The summed E-state index contributed by atoms with van der Waals surface area (Å²) in [4.78, 5) is 45.4. The standard InChI is InChI=1S/C32H52N2O9/c1-9-29(5)19-22(36)32(39)30(6)21(35)11-13-28(3,4)26(30)25(27(31(32,7)43-29)42-24(38)20-40-10-2)41-23(37)12-14-34-17-15-33(8)16-18-34/h9,21,25-27,35,39H,1,10-20H2,2-8H3/t21-,25-,26-,27-,29-,30-,31+,32-/m0/s1. The van der Waals surface area contributed by atoms with E-state index in [1.54, 1.807) is 20.8 Å². The summed E-state index contributed by atoms with van der Waals surface area (Å²) in [7, 11) is 2.07. The van der Waals surface area contributed by atoms with E-state index in [1.165, 1.54) is 13.0 Å². The maximum Gasteiger partial charge on any atom is 0.332 e. The molecule has 8 atom stereocenters. The fourth-order valence-corrected chi connectivity index (χ4v) is 8.46. The van der Waals surface area contributed by atoms with E-state index in [0.29, 0.717) is 19.4 Å². The predicted octanol–water partition coefficient (Wildman–Crippen LogP) is 1.72. The number of carbonyl (C=O) groups is 3. The second kappa shape index (κ2) is 12.1. The molecule has 2 aliphatic carbocycles. The van der Waals surface area contributed by atoms with Gasteiger partial charge in [0, 0.05) is 57.1 Å². The molecule has 244 valence electrons. The number of aliphatic hydroxyl groups excluding tert-OH is 1. The molecule has 43 heavy (non-hydrogen) atoms. The number of carbonyl (C=O) groups excluding carboxylic acids is 3. The zero-order chi connectivity index (χ0) is 32.0. The molecule has 0 aromatic carbocycles. The lowest BCUT2D eigenvalue weighted by Gasteiger charge is -2.71. The van der Waals surface area contributed by atoms with Gasteiger partial charge < -0.3 is 39.0 Å². The van der Waals surface area contributed by atoms with Crippen LogP contribution in [0, 0.1) is 16.7 Å². The maximum absolute atomic E-state index is 14.2. The number of nitrogens with zero attached hydrogens (tertiary/aromatic N) is 2. The van der Waals surface area contributed by atoms with Crippen molar-refractivity contribution in [3.63, 3.8) is 0 Å². The van der Waals surface area contributed by atoms with Crippen molar-refractivity contribution >= 4 is 17.7 Å². The molecule has 0 amide bonds. The summed E-state index contributed by atoms with van der Waals surface area (Å²) in [6.07, 6.45) is -1.37. The van der Waals surface area contributed by atoms with Crippen molar-refractivity contribution in [2.45, 2.75) is 102 Å². The van der Waals surface area contributed by atoms with Crippen molar-refractivity contribution < 1.29 is 43.5 Å². The molecule has 2 saturated carbocycles. The molecule has 0 spiro atoms. The van der Waals surface area contributed by atoms with Crippen LogP contribution in [0.5, 0.6) is 0 Å². The third kappa shape index (κ3) is 5.70. The van der Waals surface area contributed by atoms with Crippen LogP contribution in [0.15, 0.2) is 12.7 Å². The number of hydrogen-bond acceptors (Lipinski definition) is 11. The average Bonchev–Trinajstić information content (AvgIpc) is 2.94. The smallest absolute Gasteiger partial charge is 0.332 e. The highest BCUT2D eigenvalue weighted by atomic mass is 16.6. The number of likely N-dealkylation sites (N-methyl/N-ethyl adjacent to an activating group) is 1. The minimum absolute atomic E-state index is 0.109. The lowest BCUT2D eigenvalue weighted by Crippen LogP contribution is -2.87. The Bertz CT molecular complexity index is 1090. The number of fused-ring (bicyclic) bond motifs is 3. The van der Waals surface area contributed by atoms with Crippen LogP contribution >= 0.6 is 0 Å². The first-order chi connectivity index (χ1) is 20.0. The van der Waals surface area contributed by atoms with Crippen molar-refractivity contribution in [1.29, 1.82) is 0 Å². The molecule has 4 rings (SSSR count). The SMILES string of the molecule is C=C[C@@]1(C)CC(=O)[C@]2(O)[C@@]3(C)[C@@H](O)CCC(C)(C)[C@@H]3[C@H](OC(=O)CCN3CCN(C)CC3)[C@H](OC(=O)COCC)[C@@]2(C)O1. The Balaban J connectivity index is 1.81. The Morgan fingerprint density at radius 3 is 2.35 bits per heavy atom. The fourth-order valence-electron chi connectivity index (χ4n) is 8.46. The monoisotopic (exact) mass is 608 g/mol. The van der Waals surface area contributed by atoms with E-state index in [2.05, 4.69) is 23.4 Å². The van der Waals surface area contributed by atoms with Crippen LogP contribution in [0.25, 0.3) is 0 Å². The molecule has 0 unspecified atom stereocenters. The molecule has 0 aromatic heterocycles. The van der Waals surface area contributed by atoms with Gasteiger partial charge in [-0.25, -0.2) is 4.79 Å². The summed E-state index contributed by atoms with van der Waals surface area (Å²) in [6, 6.07) is 0. The molecule has 2 N–H and O–H groups in total. The van der Waals surface area contributed by atoms with Gasteiger partial charge in [-0.1, -0.05) is 26.8 Å². The van der Waals surface area contributed by atoms with Gasteiger partial charge in [-0.3, -0.25) is 9.59 Å². The van der Waals surface area contributed by atoms with Crippen LogP contribution in [0.1, 0.15) is 67.2 Å². The van der Waals surface area contributed by atoms with Crippen LogP contribution in [0.4, 0.5) is 0 Å². The molecular weight excluding hydrogens is 556 g/mol. The van der Waals surface area contributed by atoms with Crippen LogP contribution in [0.2, 0.25) is 0 Å². The Labute approximate surface area is 255 Å². The van der Waals surface area contributed by atoms with Crippen molar-refractivity contribution in [2.24, 2.45) is 16.7 Å². The number of Topliss-reactive ketones (excluding diaryl/α,β-unsaturated/α-hetero) is 1. The quantitative estimate of drug-likeness (QED) is 0.293. The van der Waals surface area contributed by atoms with E-state index in [-0.39, 0.29) is 26.1 Å². The van der Waals surface area contributed by atoms with Gasteiger partial charge in [0.1, 0.15) is 18.3 Å². The third-order valence-corrected chi connectivity index (χ3v) is 10.9. The number of aliphatic hydroxyl groups is 2. The molecule has 4 fully saturated rings. The third-order valence-electron chi connectivity index (χ3n) is 10.9. The highest BCUT2D eigenvalue weighted by Gasteiger charge is 2.82. The minimum Gasteiger partial charge on any atom is -0.458 e. The van der Waals surface area contributed by atoms with Crippen molar-refractivity contribution in [2.75, 3.05) is 53.0 Å². The zero-order valence-electron chi connectivity index (χ0n) is 27.0. The fraction of sp³-hybridized carbons (Fsp3) is 0.844. The van der Waals surface area contributed by atoms with E-state index in [4.69, 9.17) is 18.9 Å². The van der Waals surface area contributed by atoms with Crippen LogP contribution < -0.4 is 0 Å². The lowest BCUT2D eigenvalue weighted by molar-refractivity contribution is -0.371. The van der Waals surface area contributed by atoms with Gasteiger partial charge in [0.15, 0.2) is 17.5 Å². The summed E-state index contributed by atoms with van der Waals surface area (Å²) in [5.41, 5.74) is -7.54. The summed E-state index contributed by atoms with van der Waals surface area (Å²) in [5, 5.41) is 24.5. The van der Waals surface area contributed by atoms with Crippen LogP contribution in [0.3, 0.4) is 0 Å². The highest BCUT2D eigenvalue weighted by Crippen LogP contribution is 2.67. The predicted molar refractivity (Wildman–Crippen MR) is 158 cm³/mol. The minimum atomic E-state index is -2.29. The van der Waals surface area contributed by atoms with E-state index >= 15 is 0 Å². The molecule has 11 heteroatoms. The van der Waals surface area contributed by atoms with Crippen molar-refractivity contribution in [3.8, 4) is 0 Å². The lowest BCUT2D eigenvalue weighted by atomic mass is 9.39. The highest BCUT2D eigenvalue weighted by molar-refractivity contribution is 5.92. The van der Waals surface area contributed by atoms with Gasteiger partial charge in [-0.05, 0) is 46.1 Å². The van der Waals surface area contributed by atoms with Crippen molar-refractivity contribution in [3.05, 3.63) is 12.7 Å². The maximum atomic E-state index is 14.2. The Morgan fingerprint density at radius 2 is 1.74 bits per heavy atom. The van der Waals surface area contributed by atoms with Crippen LogP contribution in [-0.4, -0.2) is 126 Å². The van der Waals surface area contributed by atoms with E-state index in [1.807, 2.05) is 13.8 Å². The molecule has 2 aliphatic heterocycles. The van der Waals surface area contributed by atoms with E-state index in [0.717, 1.165) is 26.2 Å². The van der Waals surface area contributed by atoms with Gasteiger partial charge in [-0.2, -0.15) is 0 Å². The Kier molecular flexibility index (Phi) is 9.59. The molecule has 0 bridgehead atoms. The number of ketones is 1. The first kappa shape index (κ1) is 34.0. The Morgan fingerprint density at radius 1 is 1.09 bits per heavy atom. The van der Waals surface area contributed by atoms with E-state index < -0.39 is 69.6 Å². The summed E-state index contributed by atoms with van der Waals surface area (Å²) >= 11 is 0. The number of piperazine rings is 1. The number of hydrogen-bond donors (Lipinski definition) is 2. The van der Waals surface area contributed by atoms with Crippen LogP contribution in [-0.2, 0) is 33.3 Å². The first-order valence-electron chi connectivity index (χ1n) is 15.6. The molecular formula is C32H52N2O9. The van der Waals surface area contributed by atoms with Gasteiger partial charge in [0.05, 0.1) is 18.1 Å². The number of ether oxygens (including phenoxy) is 4. The first-order valence-corrected chi connectivity index (χ1v) is 15.6. The van der Waals surface area contributed by atoms with Gasteiger partial charge in [0.2, 0.25) is 0 Å². The summed E-state index contributed by atoms with van der Waals surface area (Å²) in [5.74, 6) is -2.54.